The molecule has 0 radical (unpaired) electrons. The van der Waals surface area contributed by atoms with Crippen LogP contribution in [0.25, 0.3) is 0 Å². The van der Waals surface area contributed by atoms with Crippen LogP contribution in [-0.4, -0.2) is 40.1 Å². The third-order valence-electron chi connectivity index (χ3n) is 3.67. The first-order chi connectivity index (χ1) is 8.63. The number of carbonyl (C=O) groups excluding carboxylic acids is 1. The third kappa shape index (κ3) is 2.25. The van der Waals surface area contributed by atoms with E-state index < -0.39 is 0 Å². The number of carbonyl (C=O) groups is 1. The van der Waals surface area contributed by atoms with E-state index in [9.17, 15) is 9.90 Å². The van der Waals surface area contributed by atoms with Gasteiger partial charge in [0.25, 0.3) is 5.91 Å². The molecule has 1 aromatic rings. The van der Waals surface area contributed by atoms with Crippen molar-refractivity contribution in [2.24, 2.45) is 0 Å². The molecule has 18 heavy (non-hydrogen) atoms. The maximum atomic E-state index is 12.3. The lowest BCUT2D eigenvalue weighted by Crippen LogP contribution is -2.29. The molecule has 1 aliphatic heterocycles. The molecule has 0 bridgehead atoms. The number of nitrogens with zero attached hydrogens (tertiary/aromatic N) is 2. The lowest BCUT2D eigenvalue weighted by molar-refractivity contribution is 0.0764. The van der Waals surface area contributed by atoms with E-state index in [1.807, 2.05) is 19.1 Å². The number of hydrogen-bond donors (Lipinski definition) is 1. The fourth-order valence-corrected chi connectivity index (χ4v) is 2.51. The Hall–Kier alpha value is -1.42. The number of likely N-dealkylation sites (tertiary alicyclic amines) is 1. The highest BCUT2D eigenvalue weighted by molar-refractivity contribution is 5.94. The molecule has 1 saturated heterocycles. The smallest absolute Gasteiger partial charge is 0.254 e. The lowest BCUT2D eigenvalue weighted by atomic mass is 10.1. The molecule has 0 spiro atoms. The fraction of sp³-hybridized carbons (Fsp3) is 0.571. The molecule has 2 fully saturated rings. The van der Waals surface area contributed by atoms with Gasteiger partial charge < -0.3 is 10.0 Å². The quantitative estimate of drug-likeness (QED) is 0.859. The van der Waals surface area contributed by atoms with Crippen molar-refractivity contribution in [2.75, 3.05) is 13.1 Å². The van der Waals surface area contributed by atoms with Crippen LogP contribution in [-0.2, 0) is 0 Å². The molecule has 2 heterocycles. The van der Waals surface area contributed by atoms with Crippen LogP contribution in [0.5, 0.6) is 0 Å². The predicted molar refractivity (Wildman–Crippen MR) is 67.5 cm³/mol. The fourth-order valence-electron chi connectivity index (χ4n) is 2.51. The van der Waals surface area contributed by atoms with E-state index in [1.165, 1.54) is 12.8 Å². The van der Waals surface area contributed by atoms with Gasteiger partial charge in [-0.1, -0.05) is 0 Å². The van der Waals surface area contributed by atoms with E-state index in [1.54, 1.807) is 4.90 Å². The predicted octanol–water partition coefficient (Wildman–Crippen LogP) is 1.47. The van der Waals surface area contributed by atoms with Gasteiger partial charge in [-0.05, 0) is 38.3 Å². The molecule has 4 heteroatoms. The molecule has 0 aromatic carbocycles. The molecule has 96 valence electrons. The third-order valence-corrected chi connectivity index (χ3v) is 3.67. The number of hydrogen-bond acceptors (Lipinski definition) is 3. The first-order valence-electron chi connectivity index (χ1n) is 6.59. The van der Waals surface area contributed by atoms with Crippen LogP contribution >= 0.6 is 0 Å². The summed E-state index contributed by atoms with van der Waals surface area (Å²) in [7, 11) is 0. The molecule has 2 aliphatic rings. The zero-order valence-electron chi connectivity index (χ0n) is 10.6. The Bertz CT molecular complexity index is 483. The SMILES string of the molecule is Cc1cc(C(=O)N2CCC(O)C2)cc(C2CC2)n1. The molecular weight excluding hydrogens is 228 g/mol. The number of amides is 1. The minimum Gasteiger partial charge on any atom is -0.391 e. The van der Waals surface area contributed by atoms with E-state index in [-0.39, 0.29) is 12.0 Å². The number of rotatable bonds is 2. The molecule has 1 aliphatic carbocycles. The van der Waals surface area contributed by atoms with Crippen LogP contribution in [0.2, 0.25) is 0 Å². The zero-order chi connectivity index (χ0) is 12.7. The molecule has 1 N–H and O–H groups in total. The lowest BCUT2D eigenvalue weighted by Gasteiger charge is -2.16. The van der Waals surface area contributed by atoms with Crippen molar-refractivity contribution in [3.05, 3.63) is 29.1 Å². The molecule has 1 saturated carbocycles. The van der Waals surface area contributed by atoms with Crippen molar-refractivity contribution < 1.29 is 9.90 Å². The van der Waals surface area contributed by atoms with Crippen molar-refractivity contribution in [1.29, 1.82) is 0 Å². The Morgan fingerprint density at radius 2 is 2.17 bits per heavy atom. The molecule has 4 nitrogen and oxygen atoms in total. The van der Waals surface area contributed by atoms with Crippen LogP contribution in [0.4, 0.5) is 0 Å². The summed E-state index contributed by atoms with van der Waals surface area (Å²) in [5.74, 6) is 0.583. The van der Waals surface area contributed by atoms with Crippen molar-refractivity contribution in [3.8, 4) is 0 Å². The van der Waals surface area contributed by atoms with Crippen LogP contribution in [0.15, 0.2) is 12.1 Å². The minimum absolute atomic E-state index is 0.0268. The molecule has 1 aromatic heterocycles. The summed E-state index contributed by atoms with van der Waals surface area (Å²) < 4.78 is 0. The summed E-state index contributed by atoms with van der Waals surface area (Å²) in [4.78, 5) is 18.6. The minimum atomic E-state index is -0.361. The maximum absolute atomic E-state index is 12.3. The van der Waals surface area contributed by atoms with Gasteiger partial charge in [0.2, 0.25) is 0 Å². The average molecular weight is 246 g/mol. The van der Waals surface area contributed by atoms with Gasteiger partial charge in [-0.2, -0.15) is 0 Å². The highest BCUT2D eigenvalue weighted by Gasteiger charge is 2.29. The van der Waals surface area contributed by atoms with E-state index in [0.29, 0.717) is 25.4 Å². The molecule has 1 unspecified atom stereocenters. The number of pyridine rings is 1. The van der Waals surface area contributed by atoms with Crippen LogP contribution in [0.1, 0.15) is 46.9 Å². The second kappa shape index (κ2) is 4.35. The monoisotopic (exact) mass is 246 g/mol. The van der Waals surface area contributed by atoms with Gasteiger partial charge in [0.15, 0.2) is 0 Å². The van der Waals surface area contributed by atoms with Crippen molar-refractivity contribution in [1.82, 2.24) is 9.88 Å². The van der Waals surface area contributed by atoms with Gasteiger partial charge in [0.05, 0.1) is 6.10 Å². The summed E-state index contributed by atoms with van der Waals surface area (Å²) in [5, 5.41) is 9.50. The molecule has 1 amide bonds. The summed E-state index contributed by atoms with van der Waals surface area (Å²) in [6.45, 7) is 3.04. The van der Waals surface area contributed by atoms with Crippen molar-refractivity contribution >= 4 is 5.91 Å². The van der Waals surface area contributed by atoms with E-state index in [4.69, 9.17) is 0 Å². The van der Waals surface area contributed by atoms with Gasteiger partial charge in [-0.3, -0.25) is 9.78 Å². The number of β-amino-alcohol motifs (C(OH)–C–C–N with tert-alkyl or cyclic N) is 1. The first-order valence-corrected chi connectivity index (χ1v) is 6.59. The highest BCUT2D eigenvalue weighted by atomic mass is 16.3. The second-order valence-electron chi connectivity index (χ2n) is 5.39. The van der Waals surface area contributed by atoms with E-state index in [0.717, 1.165) is 17.0 Å². The number of aromatic nitrogens is 1. The van der Waals surface area contributed by atoms with Gasteiger partial charge in [-0.15, -0.1) is 0 Å². The first kappa shape index (κ1) is 11.7. The molecule has 1 atom stereocenters. The summed E-state index contributed by atoms with van der Waals surface area (Å²) >= 11 is 0. The maximum Gasteiger partial charge on any atom is 0.254 e. The normalized spacial score (nSPS) is 23.4. The standard InChI is InChI=1S/C14H18N2O2/c1-9-6-11(7-13(15-9)10-2-3-10)14(18)16-5-4-12(17)8-16/h6-7,10,12,17H,2-5,8H2,1H3. The average Bonchev–Trinajstić information content (AvgIpc) is 3.10. The number of aryl methyl sites for hydroxylation is 1. The van der Waals surface area contributed by atoms with Gasteiger partial charge in [0.1, 0.15) is 0 Å². The Labute approximate surface area is 107 Å². The van der Waals surface area contributed by atoms with Crippen LogP contribution in [0, 0.1) is 6.92 Å². The number of aliphatic hydroxyl groups is 1. The summed E-state index contributed by atoms with van der Waals surface area (Å²) in [5.41, 5.74) is 2.68. The van der Waals surface area contributed by atoms with Gasteiger partial charge in [-0.25, -0.2) is 0 Å². The van der Waals surface area contributed by atoms with Crippen molar-refractivity contribution in [2.45, 2.75) is 38.2 Å². The van der Waals surface area contributed by atoms with E-state index in [2.05, 4.69) is 4.98 Å². The number of aliphatic hydroxyl groups excluding tert-OH is 1. The van der Waals surface area contributed by atoms with E-state index >= 15 is 0 Å². The van der Waals surface area contributed by atoms with Crippen LogP contribution < -0.4 is 0 Å². The Balaban J connectivity index is 1.84. The topological polar surface area (TPSA) is 53.4 Å². The van der Waals surface area contributed by atoms with Crippen LogP contribution in [0.3, 0.4) is 0 Å². The molecule has 3 rings (SSSR count). The highest BCUT2D eigenvalue weighted by Crippen LogP contribution is 2.39. The Kier molecular flexibility index (Phi) is 2.82. The Morgan fingerprint density at radius 3 is 2.78 bits per heavy atom. The summed E-state index contributed by atoms with van der Waals surface area (Å²) in [6.07, 6.45) is 2.70. The molecular formula is C14H18N2O2. The van der Waals surface area contributed by atoms with Gasteiger partial charge >= 0.3 is 0 Å². The van der Waals surface area contributed by atoms with Gasteiger partial charge in [0, 0.05) is 36.0 Å². The zero-order valence-corrected chi connectivity index (χ0v) is 10.6. The Morgan fingerprint density at radius 1 is 1.39 bits per heavy atom. The summed E-state index contributed by atoms with van der Waals surface area (Å²) in [6, 6.07) is 3.77. The largest absolute Gasteiger partial charge is 0.391 e. The second-order valence-corrected chi connectivity index (χ2v) is 5.39. The van der Waals surface area contributed by atoms with Crippen molar-refractivity contribution in [3.63, 3.8) is 0 Å².